The van der Waals surface area contributed by atoms with Crippen molar-refractivity contribution in [2.75, 3.05) is 47.5 Å². The van der Waals surface area contributed by atoms with Gasteiger partial charge in [0.05, 0.1) is 12.5 Å². The molecule has 1 atom stereocenters. The molecule has 1 N–H and O–H groups in total. The van der Waals surface area contributed by atoms with Crippen molar-refractivity contribution in [1.29, 1.82) is 0 Å². The topological polar surface area (TPSA) is 71.1 Å². The highest BCUT2D eigenvalue weighted by Crippen LogP contribution is 2.18. The molecule has 1 saturated heterocycles. The molecule has 144 valence electrons. The standard InChI is InChI=1S/C19H29N3O4/c1-21(2)19(24)22-10-4-5-16(14-22)18(23)20-13-15-6-8-17(9-7-15)26-12-11-25-3/h6-9,16H,4-5,10-14H2,1-3H3,(H,20,23)/t16-/m0/s1. The maximum Gasteiger partial charge on any atom is 0.319 e. The van der Waals surface area contributed by atoms with Crippen LogP contribution >= 0.6 is 0 Å². The van der Waals surface area contributed by atoms with Gasteiger partial charge in [-0.2, -0.15) is 0 Å². The Morgan fingerprint density at radius 1 is 1.23 bits per heavy atom. The third-order valence-electron chi connectivity index (χ3n) is 4.39. The van der Waals surface area contributed by atoms with Crippen LogP contribution in [0.5, 0.6) is 5.75 Å². The number of urea groups is 1. The van der Waals surface area contributed by atoms with Crippen LogP contribution in [0.1, 0.15) is 18.4 Å². The van der Waals surface area contributed by atoms with E-state index in [0.717, 1.165) is 24.2 Å². The fourth-order valence-electron chi connectivity index (χ4n) is 2.93. The molecule has 3 amide bonds. The first-order chi connectivity index (χ1) is 12.5. The second-order valence-electron chi connectivity index (χ2n) is 6.67. The molecular weight excluding hydrogens is 334 g/mol. The molecule has 7 nitrogen and oxygen atoms in total. The lowest BCUT2D eigenvalue weighted by Crippen LogP contribution is -2.48. The lowest BCUT2D eigenvalue weighted by molar-refractivity contribution is -0.126. The Morgan fingerprint density at radius 2 is 1.96 bits per heavy atom. The summed E-state index contributed by atoms with van der Waals surface area (Å²) < 4.78 is 10.5. The monoisotopic (exact) mass is 363 g/mol. The predicted molar refractivity (Wildman–Crippen MR) is 99.0 cm³/mol. The number of nitrogens with one attached hydrogen (secondary N) is 1. The zero-order chi connectivity index (χ0) is 18.9. The van der Waals surface area contributed by atoms with Crippen molar-refractivity contribution in [3.8, 4) is 5.75 Å². The fourth-order valence-corrected chi connectivity index (χ4v) is 2.93. The Bertz CT molecular complexity index is 589. The Balaban J connectivity index is 1.79. The van der Waals surface area contributed by atoms with Gasteiger partial charge in [0.1, 0.15) is 12.4 Å². The minimum Gasteiger partial charge on any atom is -0.491 e. The van der Waals surface area contributed by atoms with Crippen molar-refractivity contribution in [2.45, 2.75) is 19.4 Å². The van der Waals surface area contributed by atoms with Crippen LogP contribution in [-0.2, 0) is 16.1 Å². The summed E-state index contributed by atoms with van der Waals surface area (Å²) in [6, 6.07) is 7.60. The molecule has 0 unspecified atom stereocenters. The number of benzene rings is 1. The molecule has 7 heteroatoms. The second-order valence-corrected chi connectivity index (χ2v) is 6.67. The number of carbonyl (C=O) groups is 2. The Hall–Kier alpha value is -2.28. The van der Waals surface area contributed by atoms with Crippen molar-refractivity contribution in [1.82, 2.24) is 15.1 Å². The van der Waals surface area contributed by atoms with Gasteiger partial charge in [-0.15, -0.1) is 0 Å². The number of methoxy groups -OCH3 is 1. The average Bonchev–Trinajstić information content (AvgIpc) is 2.66. The smallest absolute Gasteiger partial charge is 0.319 e. The normalized spacial score (nSPS) is 16.9. The van der Waals surface area contributed by atoms with E-state index in [1.807, 2.05) is 24.3 Å². The van der Waals surface area contributed by atoms with Gasteiger partial charge in [-0.3, -0.25) is 4.79 Å². The van der Waals surface area contributed by atoms with Crippen LogP contribution < -0.4 is 10.1 Å². The number of rotatable bonds is 7. The Kier molecular flexibility index (Phi) is 7.72. The number of amides is 3. The summed E-state index contributed by atoms with van der Waals surface area (Å²) in [7, 11) is 5.10. The van der Waals surface area contributed by atoms with E-state index in [4.69, 9.17) is 9.47 Å². The van der Waals surface area contributed by atoms with Crippen LogP contribution in [0.15, 0.2) is 24.3 Å². The molecular formula is C19H29N3O4. The Morgan fingerprint density at radius 3 is 2.62 bits per heavy atom. The van der Waals surface area contributed by atoms with Gasteiger partial charge in [-0.1, -0.05) is 12.1 Å². The van der Waals surface area contributed by atoms with Gasteiger partial charge in [-0.05, 0) is 30.5 Å². The second kappa shape index (κ2) is 10.0. The zero-order valence-corrected chi connectivity index (χ0v) is 15.9. The SMILES string of the molecule is COCCOc1ccc(CNC(=O)[C@H]2CCCN(C(=O)N(C)C)C2)cc1. The number of ether oxygens (including phenoxy) is 2. The summed E-state index contributed by atoms with van der Waals surface area (Å²) in [5.74, 6) is 0.633. The molecule has 2 rings (SSSR count). The minimum atomic E-state index is -0.149. The molecule has 0 radical (unpaired) electrons. The van der Waals surface area contributed by atoms with E-state index in [2.05, 4.69) is 5.32 Å². The molecule has 1 aliphatic heterocycles. The van der Waals surface area contributed by atoms with Gasteiger partial charge >= 0.3 is 6.03 Å². The van der Waals surface area contributed by atoms with Gasteiger partial charge in [0.15, 0.2) is 0 Å². The van der Waals surface area contributed by atoms with Crippen molar-refractivity contribution >= 4 is 11.9 Å². The van der Waals surface area contributed by atoms with E-state index in [1.54, 1.807) is 31.0 Å². The van der Waals surface area contributed by atoms with Crippen molar-refractivity contribution in [2.24, 2.45) is 5.92 Å². The van der Waals surface area contributed by atoms with Crippen LogP contribution in [0, 0.1) is 5.92 Å². The fraction of sp³-hybridized carbons (Fsp3) is 0.579. The van der Waals surface area contributed by atoms with Gasteiger partial charge in [0, 0.05) is 40.8 Å². The van der Waals surface area contributed by atoms with E-state index in [1.165, 1.54) is 0 Å². The summed E-state index contributed by atoms with van der Waals surface area (Å²) in [5, 5.41) is 2.98. The summed E-state index contributed by atoms with van der Waals surface area (Å²) in [6.07, 6.45) is 1.67. The molecule has 1 heterocycles. The molecule has 0 spiro atoms. The highest BCUT2D eigenvalue weighted by Gasteiger charge is 2.28. The molecule has 0 aromatic heterocycles. The highest BCUT2D eigenvalue weighted by atomic mass is 16.5. The summed E-state index contributed by atoms with van der Waals surface area (Å²) in [6.45, 7) is 2.72. The van der Waals surface area contributed by atoms with Gasteiger partial charge in [0.25, 0.3) is 0 Å². The van der Waals surface area contributed by atoms with E-state index in [9.17, 15) is 9.59 Å². The lowest BCUT2D eigenvalue weighted by Gasteiger charge is -2.33. The molecule has 1 aromatic carbocycles. The van der Waals surface area contributed by atoms with E-state index in [0.29, 0.717) is 32.8 Å². The molecule has 1 aromatic rings. The number of piperidine rings is 1. The minimum absolute atomic E-state index is 0.00155. The van der Waals surface area contributed by atoms with Crippen LogP contribution in [0.2, 0.25) is 0 Å². The van der Waals surface area contributed by atoms with Crippen LogP contribution in [0.3, 0.4) is 0 Å². The number of hydrogen-bond donors (Lipinski definition) is 1. The van der Waals surface area contributed by atoms with E-state index >= 15 is 0 Å². The first kappa shape index (κ1) is 20.0. The van der Waals surface area contributed by atoms with Crippen molar-refractivity contribution in [3.63, 3.8) is 0 Å². The molecule has 26 heavy (non-hydrogen) atoms. The summed E-state index contributed by atoms with van der Waals surface area (Å²) in [5.41, 5.74) is 1.01. The largest absolute Gasteiger partial charge is 0.491 e. The number of hydrogen-bond acceptors (Lipinski definition) is 4. The van der Waals surface area contributed by atoms with Crippen LogP contribution in [0.4, 0.5) is 4.79 Å². The Labute approximate surface area is 155 Å². The molecule has 0 bridgehead atoms. The van der Waals surface area contributed by atoms with Crippen molar-refractivity contribution < 1.29 is 19.1 Å². The van der Waals surface area contributed by atoms with Gasteiger partial charge in [-0.25, -0.2) is 4.79 Å². The maximum absolute atomic E-state index is 12.4. The van der Waals surface area contributed by atoms with Gasteiger partial charge < -0.3 is 24.6 Å². The summed E-state index contributed by atoms with van der Waals surface area (Å²) in [4.78, 5) is 27.8. The zero-order valence-electron chi connectivity index (χ0n) is 15.9. The highest BCUT2D eigenvalue weighted by molar-refractivity contribution is 5.80. The quantitative estimate of drug-likeness (QED) is 0.749. The lowest BCUT2D eigenvalue weighted by atomic mass is 9.97. The number of nitrogens with zero attached hydrogens (tertiary/aromatic N) is 2. The predicted octanol–water partition coefficient (Wildman–Crippen LogP) is 1.72. The third kappa shape index (κ3) is 5.91. The van der Waals surface area contributed by atoms with Crippen LogP contribution in [0.25, 0.3) is 0 Å². The van der Waals surface area contributed by atoms with E-state index in [-0.39, 0.29) is 17.9 Å². The third-order valence-corrected chi connectivity index (χ3v) is 4.39. The average molecular weight is 363 g/mol. The molecule has 0 saturated carbocycles. The first-order valence-corrected chi connectivity index (χ1v) is 8.96. The first-order valence-electron chi connectivity index (χ1n) is 8.96. The van der Waals surface area contributed by atoms with Gasteiger partial charge in [0.2, 0.25) is 5.91 Å². The van der Waals surface area contributed by atoms with Crippen molar-refractivity contribution in [3.05, 3.63) is 29.8 Å². The molecule has 1 aliphatic rings. The van der Waals surface area contributed by atoms with Crippen LogP contribution in [-0.4, -0.2) is 69.2 Å². The number of likely N-dealkylation sites (tertiary alicyclic amines) is 1. The molecule has 1 fully saturated rings. The summed E-state index contributed by atoms with van der Waals surface area (Å²) >= 11 is 0. The molecule has 0 aliphatic carbocycles. The maximum atomic E-state index is 12.4. The van der Waals surface area contributed by atoms with E-state index < -0.39 is 0 Å². The number of carbonyl (C=O) groups excluding carboxylic acids is 2.